The first-order valence-corrected chi connectivity index (χ1v) is 11.8. The summed E-state index contributed by atoms with van der Waals surface area (Å²) in [7, 11) is -3.08. The Hall–Kier alpha value is -3.12. The molecule has 0 radical (unpaired) electrons. The fourth-order valence-electron chi connectivity index (χ4n) is 3.11. The quantitative estimate of drug-likeness (QED) is 0.216. The SMILES string of the molecule is CCOc1ccc(N=P(Oc2ccc(F)cc2)(c2ccc(C)o2)C(C)(C)C)c([N+](=O)[O-])c1. The number of furan rings is 1. The van der Waals surface area contributed by atoms with E-state index in [-0.39, 0.29) is 11.4 Å². The number of nitro benzene ring substituents is 1. The van der Waals surface area contributed by atoms with Gasteiger partial charge in [-0.2, -0.15) is 0 Å². The molecule has 0 N–H and O–H groups in total. The molecule has 1 heterocycles. The Kier molecular flexibility index (Phi) is 6.74. The van der Waals surface area contributed by atoms with Gasteiger partial charge in [0.1, 0.15) is 28.8 Å². The third-order valence-electron chi connectivity index (χ3n) is 4.69. The molecule has 3 rings (SSSR count). The van der Waals surface area contributed by atoms with Crippen molar-refractivity contribution in [3.8, 4) is 11.5 Å². The van der Waals surface area contributed by atoms with Crippen LogP contribution in [0.15, 0.2) is 63.8 Å². The van der Waals surface area contributed by atoms with Crippen molar-refractivity contribution in [2.45, 2.75) is 39.8 Å². The first-order chi connectivity index (χ1) is 15.1. The lowest BCUT2D eigenvalue weighted by molar-refractivity contribution is -0.384. The van der Waals surface area contributed by atoms with Gasteiger partial charge >= 0.3 is 0 Å². The standard InChI is InChI=1S/C23H26FN2O5P/c1-6-29-19-12-13-20(21(15-19)26(27)28)25-32(23(3,4)5,22-14-7-16(2)30-22)31-18-10-8-17(24)9-11-18/h7-15H,6H2,1-5H3. The Morgan fingerprint density at radius 3 is 2.28 bits per heavy atom. The number of nitrogens with zero attached hydrogens (tertiary/aromatic N) is 2. The number of hydrogen-bond acceptors (Lipinski definition) is 6. The van der Waals surface area contributed by atoms with Crippen LogP contribution in [0, 0.1) is 22.9 Å². The third-order valence-corrected chi connectivity index (χ3v) is 8.32. The highest BCUT2D eigenvalue weighted by Crippen LogP contribution is 2.62. The number of rotatable bonds is 7. The van der Waals surface area contributed by atoms with Crippen LogP contribution in [-0.4, -0.2) is 16.7 Å². The second-order valence-electron chi connectivity index (χ2n) is 8.12. The van der Waals surface area contributed by atoms with Crippen molar-refractivity contribution in [3.05, 3.63) is 76.3 Å². The normalized spacial score (nSPS) is 13.3. The smallest absolute Gasteiger partial charge is 0.298 e. The van der Waals surface area contributed by atoms with Crippen molar-refractivity contribution in [2.24, 2.45) is 4.74 Å². The van der Waals surface area contributed by atoms with Gasteiger partial charge in [-0.3, -0.25) is 10.1 Å². The summed E-state index contributed by atoms with van der Waals surface area (Å²) < 4.78 is 36.2. The molecule has 0 fully saturated rings. The predicted molar refractivity (Wildman–Crippen MR) is 123 cm³/mol. The van der Waals surface area contributed by atoms with Gasteiger partial charge in [0, 0.05) is 5.16 Å². The molecule has 0 spiro atoms. The molecule has 0 amide bonds. The van der Waals surface area contributed by atoms with Gasteiger partial charge in [0.05, 0.1) is 17.6 Å². The number of nitro groups is 1. The van der Waals surface area contributed by atoms with Crippen LogP contribution in [0.2, 0.25) is 0 Å². The van der Waals surface area contributed by atoms with E-state index < -0.39 is 23.2 Å². The summed E-state index contributed by atoms with van der Waals surface area (Å²) >= 11 is 0. The average molecular weight is 460 g/mol. The van der Waals surface area contributed by atoms with Crippen LogP contribution in [0.1, 0.15) is 33.5 Å². The van der Waals surface area contributed by atoms with Gasteiger partial charge in [0.15, 0.2) is 5.50 Å². The lowest BCUT2D eigenvalue weighted by atomic mass is 10.2. The molecule has 0 saturated carbocycles. The first kappa shape index (κ1) is 23.5. The van der Waals surface area contributed by atoms with Gasteiger partial charge < -0.3 is 13.7 Å². The van der Waals surface area contributed by atoms with E-state index in [9.17, 15) is 14.5 Å². The summed E-state index contributed by atoms with van der Waals surface area (Å²) in [5.41, 5.74) is 0.434. The van der Waals surface area contributed by atoms with E-state index >= 15 is 0 Å². The van der Waals surface area contributed by atoms with Gasteiger partial charge in [-0.15, -0.1) is 0 Å². The van der Waals surface area contributed by atoms with Crippen LogP contribution in [0.4, 0.5) is 15.8 Å². The molecular formula is C23H26FN2O5P. The molecule has 1 unspecified atom stereocenters. The minimum absolute atomic E-state index is 0.151. The highest BCUT2D eigenvalue weighted by molar-refractivity contribution is 7.70. The molecule has 2 aromatic carbocycles. The molecule has 170 valence electrons. The van der Waals surface area contributed by atoms with E-state index in [2.05, 4.69) is 0 Å². The fourth-order valence-corrected chi connectivity index (χ4v) is 6.02. The van der Waals surface area contributed by atoms with Gasteiger partial charge in [-0.25, -0.2) is 9.14 Å². The minimum Gasteiger partial charge on any atom is -0.494 e. The van der Waals surface area contributed by atoms with E-state index in [1.165, 1.54) is 30.3 Å². The molecule has 0 aliphatic carbocycles. The molecule has 7 nitrogen and oxygen atoms in total. The second-order valence-corrected chi connectivity index (χ2v) is 11.4. The van der Waals surface area contributed by atoms with Crippen LogP contribution in [0.3, 0.4) is 0 Å². The Balaban J connectivity index is 2.32. The topological polar surface area (TPSA) is 87.1 Å². The van der Waals surface area contributed by atoms with Gasteiger partial charge in [-0.05, 0) is 62.4 Å². The Bertz CT molecular complexity index is 1170. The second kappa shape index (κ2) is 9.17. The zero-order valence-electron chi connectivity index (χ0n) is 18.7. The van der Waals surface area contributed by atoms with Crippen LogP contribution >= 0.6 is 7.28 Å². The lowest BCUT2D eigenvalue weighted by Gasteiger charge is -2.35. The number of ether oxygens (including phenoxy) is 1. The van der Waals surface area contributed by atoms with Crippen molar-refractivity contribution in [3.63, 3.8) is 0 Å². The van der Waals surface area contributed by atoms with E-state index in [4.69, 9.17) is 18.4 Å². The average Bonchev–Trinajstić information content (AvgIpc) is 3.16. The number of hydrogen-bond donors (Lipinski definition) is 0. The van der Waals surface area contributed by atoms with Crippen molar-refractivity contribution in [1.82, 2.24) is 0 Å². The predicted octanol–water partition coefficient (Wildman–Crippen LogP) is 6.98. The molecule has 0 aliphatic rings. The summed E-state index contributed by atoms with van der Waals surface area (Å²) in [5, 5.41) is 11.2. The lowest BCUT2D eigenvalue weighted by Crippen LogP contribution is -2.26. The summed E-state index contributed by atoms with van der Waals surface area (Å²) in [5.74, 6) is 1.03. The maximum Gasteiger partial charge on any atom is 0.298 e. The first-order valence-electron chi connectivity index (χ1n) is 10.1. The van der Waals surface area contributed by atoms with E-state index in [1.54, 1.807) is 38.1 Å². The van der Waals surface area contributed by atoms with E-state index in [0.717, 1.165) is 0 Å². The van der Waals surface area contributed by atoms with Crippen LogP contribution < -0.4 is 14.8 Å². The van der Waals surface area contributed by atoms with Crippen molar-refractivity contribution in [1.29, 1.82) is 0 Å². The summed E-state index contributed by atoms with van der Waals surface area (Å²) in [6.07, 6.45) is 0. The molecule has 0 bridgehead atoms. The third kappa shape index (κ3) is 4.86. The summed E-state index contributed by atoms with van der Waals surface area (Å²) in [6.45, 7) is 9.80. The highest BCUT2D eigenvalue weighted by Gasteiger charge is 2.42. The van der Waals surface area contributed by atoms with Crippen molar-refractivity contribution in [2.75, 3.05) is 6.61 Å². The zero-order chi connectivity index (χ0) is 23.5. The number of halogens is 1. The van der Waals surface area contributed by atoms with Gasteiger partial charge in [-0.1, -0.05) is 20.8 Å². The summed E-state index contributed by atoms with van der Waals surface area (Å²) in [4.78, 5) is 11.4. The number of benzene rings is 2. The van der Waals surface area contributed by atoms with E-state index in [1.807, 2.05) is 20.8 Å². The highest BCUT2D eigenvalue weighted by atomic mass is 31.2. The van der Waals surface area contributed by atoms with Crippen molar-refractivity contribution >= 4 is 24.2 Å². The Labute approximate surface area is 186 Å². The molecule has 1 aromatic heterocycles. The molecule has 0 saturated heterocycles. The Morgan fingerprint density at radius 2 is 1.75 bits per heavy atom. The molecule has 32 heavy (non-hydrogen) atoms. The van der Waals surface area contributed by atoms with Gasteiger partial charge in [0.25, 0.3) is 5.69 Å². The van der Waals surface area contributed by atoms with Crippen LogP contribution in [0.5, 0.6) is 11.5 Å². The van der Waals surface area contributed by atoms with Crippen LogP contribution in [-0.2, 0) is 0 Å². The molecule has 9 heteroatoms. The van der Waals surface area contributed by atoms with Crippen LogP contribution in [0.25, 0.3) is 0 Å². The summed E-state index contributed by atoms with van der Waals surface area (Å²) in [6, 6.07) is 13.7. The Morgan fingerprint density at radius 1 is 1.09 bits per heavy atom. The largest absolute Gasteiger partial charge is 0.494 e. The van der Waals surface area contributed by atoms with Gasteiger partial charge in [0.2, 0.25) is 7.28 Å². The monoisotopic (exact) mass is 460 g/mol. The molecule has 3 aromatic rings. The maximum absolute atomic E-state index is 13.5. The molecule has 0 aliphatic heterocycles. The maximum atomic E-state index is 13.5. The van der Waals surface area contributed by atoms with Crippen molar-refractivity contribution < 1.29 is 23.0 Å². The molecular weight excluding hydrogens is 434 g/mol. The minimum atomic E-state index is -3.08. The fraction of sp³-hybridized carbons (Fsp3) is 0.304. The number of aryl methyl sites for hydroxylation is 1. The zero-order valence-corrected chi connectivity index (χ0v) is 19.6. The van der Waals surface area contributed by atoms with E-state index in [0.29, 0.717) is 29.4 Å². The molecule has 1 atom stereocenters.